The van der Waals surface area contributed by atoms with Crippen LogP contribution in [0.4, 0.5) is 0 Å². The molecule has 112 valence electrons. The summed E-state index contributed by atoms with van der Waals surface area (Å²) in [5.41, 5.74) is 0. The molecule has 0 unspecified atom stereocenters. The molecule has 0 saturated heterocycles. The van der Waals surface area contributed by atoms with E-state index in [0.717, 1.165) is 6.61 Å². The number of halogens is 1. The minimum Gasteiger partial charge on any atom is -1.00 e. The van der Waals surface area contributed by atoms with E-state index < -0.39 is 0 Å². The second-order valence-corrected chi connectivity index (χ2v) is 5.29. The van der Waals surface area contributed by atoms with Gasteiger partial charge < -0.3 is 26.2 Å². The van der Waals surface area contributed by atoms with Crippen LogP contribution in [-0.2, 0) is 4.74 Å². The minimum atomic E-state index is 0. The summed E-state index contributed by atoms with van der Waals surface area (Å²) in [4.78, 5) is 0. The van der Waals surface area contributed by atoms with Crippen molar-refractivity contribution in [2.75, 3.05) is 39.9 Å². The molecule has 0 aromatic heterocycles. The molecular formula is C15H34BrNO. The van der Waals surface area contributed by atoms with Crippen LogP contribution in [0.25, 0.3) is 0 Å². The van der Waals surface area contributed by atoms with Crippen molar-refractivity contribution < 1.29 is 26.2 Å². The Hall–Kier alpha value is 0.400. The maximum Gasteiger partial charge on any atom is 0.102 e. The van der Waals surface area contributed by atoms with Crippen molar-refractivity contribution >= 4 is 0 Å². The first-order valence-electron chi connectivity index (χ1n) is 7.58. The Morgan fingerprint density at radius 2 is 1.11 bits per heavy atom. The lowest BCUT2D eigenvalue weighted by atomic mass is 10.1. The molecule has 0 amide bonds. The molecule has 3 heteroatoms. The summed E-state index contributed by atoms with van der Waals surface area (Å²) >= 11 is 0. The largest absolute Gasteiger partial charge is 1.00 e. The molecule has 2 nitrogen and oxygen atoms in total. The van der Waals surface area contributed by atoms with Gasteiger partial charge in [-0.1, -0.05) is 40.0 Å². The van der Waals surface area contributed by atoms with Gasteiger partial charge in [0.15, 0.2) is 0 Å². The van der Waals surface area contributed by atoms with Crippen LogP contribution in [-0.4, -0.2) is 44.4 Å². The third kappa shape index (κ3) is 9.35. The molecule has 0 spiro atoms. The summed E-state index contributed by atoms with van der Waals surface area (Å²) in [5, 5.41) is 0. The van der Waals surface area contributed by atoms with Crippen molar-refractivity contribution in [1.82, 2.24) is 0 Å². The third-order valence-corrected chi connectivity index (χ3v) is 3.73. The normalized spacial score (nSPS) is 11.3. The number of hydrogen-bond acceptors (Lipinski definition) is 1. The first-order valence-corrected chi connectivity index (χ1v) is 7.58. The molecule has 0 aliphatic carbocycles. The first-order chi connectivity index (χ1) is 8.24. The average Bonchev–Trinajstić information content (AvgIpc) is 2.37. The SMILES string of the molecule is CCCC[N+](CCCC)(CCCC)CCOC.[Br-]. The van der Waals surface area contributed by atoms with Crippen LogP contribution in [0.1, 0.15) is 59.3 Å². The van der Waals surface area contributed by atoms with Crippen LogP contribution in [0.5, 0.6) is 0 Å². The standard InChI is InChI=1S/C15H34NO.BrH/c1-5-8-11-16(12-9-6-2,13-10-7-3)14-15-17-4;/h5-15H2,1-4H3;1H/q+1;/p-1. The van der Waals surface area contributed by atoms with Crippen LogP contribution in [0.3, 0.4) is 0 Å². The van der Waals surface area contributed by atoms with Gasteiger partial charge in [-0.05, 0) is 19.3 Å². The topological polar surface area (TPSA) is 9.23 Å². The smallest absolute Gasteiger partial charge is 0.102 e. The Morgan fingerprint density at radius 1 is 0.722 bits per heavy atom. The van der Waals surface area contributed by atoms with E-state index in [2.05, 4.69) is 20.8 Å². The van der Waals surface area contributed by atoms with E-state index >= 15 is 0 Å². The molecule has 0 bridgehead atoms. The summed E-state index contributed by atoms with van der Waals surface area (Å²) < 4.78 is 6.62. The highest BCUT2D eigenvalue weighted by Gasteiger charge is 2.25. The Labute approximate surface area is 125 Å². The van der Waals surface area contributed by atoms with Gasteiger partial charge in [-0.25, -0.2) is 0 Å². The molecule has 0 saturated carbocycles. The number of rotatable bonds is 12. The van der Waals surface area contributed by atoms with Crippen molar-refractivity contribution in [3.8, 4) is 0 Å². The molecule has 0 radical (unpaired) electrons. The van der Waals surface area contributed by atoms with Gasteiger partial charge in [-0.15, -0.1) is 0 Å². The number of ether oxygens (including phenoxy) is 1. The molecule has 0 heterocycles. The van der Waals surface area contributed by atoms with Crippen LogP contribution in [0, 0.1) is 0 Å². The summed E-state index contributed by atoms with van der Waals surface area (Å²) in [6.07, 6.45) is 8.01. The van der Waals surface area contributed by atoms with Crippen molar-refractivity contribution in [1.29, 1.82) is 0 Å². The molecule has 0 aliphatic rings. The Kier molecular flexibility index (Phi) is 15.9. The zero-order valence-corrected chi connectivity index (χ0v) is 14.6. The van der Waals surface area contributed by atoms with E-state index in [1.165, 1.54) is 69.2 Å². The van der Waals surface area contributed by atoms with Gasteiger partial charge in [-0.3, -0.25) is 0 Å². The second kappa shape index (κ2) is 13.8. The fraction of sp³-hybridized carbons (Fsp3) is 1.00. The van der Waals surface area contributed by atoms with Crippen molar-refractivity contribution in [2.45, 2.75) is 59.3 Å². The number of nitrogens with zero attached hydrogens (tertiary/aromatic N) is 1. The molecule has 0 aromatic carbocycles. The van der Waals surface area contributed by atoms with Crippen LogP contribution >= 0.6 is 0 Å². The first kappa shape index (κ1) is 20.7. The van der Waals surface area contributed by atoms with Crippen LogP contribution in [0.2, 0.25) is 0 Å². The van der Waals surface area contributed by atoms with E-state index in [4.69, 9.17) is 4.74 Å². The number of unbranched alkanes of at least 4 members (excludes halogenated alkanes) is 3. The molecule has 0 atom stereocenters. The quantitative estimate of drug-likeness (QED) is 0.484. The van der Waals surface area contributed by atoms with Gasteiger partial charge in [-0.2, -0.15) is 0 Å². The van der Waals surface area contributed by atoms with Gasteiger partial charge >= 0.3 is 0 Å². The zero-order valence-electron chi connectivity index (χ0n) is 13.0. The lowest BCUT2D eigenvalue weighted by Gasteiger charge is -2.39. The van der Waals surface area contributed by atoms with Gasteiger partial charge in [0.05, 0.1) is 26.2 Å². The van der Waals surface area contributed by atoms with E-state index in [0.29, 0.717) is 0 Å². The van der Waals surface area contributed by atoms with Gasteiger partial charge in [0.1, 0.15) is 6.54 Å². The average molecular weight is 324 g/mol. The summed E-state index contributed by atoms with van der Waals surface area (Å²) in [7, 11) is 1.83. The predicted octanol–water partition coefficient (Wildman–Crippen LogP) is 0.854. The molecule has 0 aromatic rings. The third-order valence-electron chi connectivity index (χ3n) is 3.73. The minimum absolute atomic E-state index is 0. The Bertz CT molecular complexity index is 127. The monoisotopic (exact) mass is 323 g/mol. The Balaban J connectivity index is 0. The van der Waals surface area contributed by atoms with E-state index in [1.54, 1.807) is 0 Å². The van der Waals surface area contributed by atoms with E-state index in [9.17, 15) is 0 Å². The fourth-order valence-corrected chi connectivity index (χ4v) is 2.44. The summed E-state index contributed by atoms with van der Waals surface area (Å²) in [5.74, 6) is 0. The van der Waals surface area contributed by atoms with Gasteiger partial charge in [0, 0.05) is 7.11 Å². The number of quaternary nitrogens is 1. The maximum absolute atomic E-state index is 5.32. The Morgan fingerprint density at radius 3 is 1.39 bits per heavy atom. The maximum atomic E-state index is 5.32. The lowest BCUT2D eigenvalue weighted by molar-refractivity contribution is -0.929. The van der Waals surface area contributed by atoms with Gasteiger partial charge in [0.2, 0.25) is 0 Å². The molecule has 18 heavy (non-hydrogen) atoms. The van der Waals surface area contributed by atoms with Crippen molar-refractivity contribution in [3.05, 3.63) is 0 Å². The van der Waals surface area contributed by atoms with Crippen molar-refractivity contribution in [2.24, 2.45) is 0 Å². The summed E-state index contributed by atoms with van der Waals surface area (Å²) in [6.45, 7) is 13.0. The van der Waals surface area contributed by atoms with Gasteiger partial charge in [0.25, 0.3) is 0 Å². The molecule has 0 fully saturated rings. The highest BCUT2D eigenvalue weighted by Crippen LogP contribution is 2.14. The molecule has 0 N–H and O–H groups in total. The zero-order chi connectivity index (χ0) is 13.0. The summed E-state index contributed by atoms with van der Waals surface area (Å²) in [6, 6.07) is 0. The second-order valence-electron chi connectivity index (χ2n) is 5.29. The van der Waals surface area contributed by atoms with Crippen LogP contribution < -0.4 is 17.0 Å². The number of methoxy groups -OCH3 is 1. The lowest BCUT2D eigenvalue weighted by Crippen LogP contribution is -3.00. The molecule has 0 rings (SSSR count). The highest BCUT2D eigenvalue weighted by atomic mass is 79.9. The fourth-order valence-electron chi connectivity index (χ4n) is 2.44. The number of hydrogen-bond donors (Lipinski definition) is 0. The van der Waals surface area contributed by atoms with Crippen molar-refractivity contribution in [3.63, 3.8) is 0 Å². The van der Waals surface area contributed by atoms with E-state index in [-0.39, 0.29) is 17.0 Å². The van der Waals surface area contributed by atoms with E-state index in [1.807, 2.05) is 7.11 Å². The highest BCUT2D eigenvalue weighted by molar-refractivity contribution is 4.48. The molecule has 0 aliphatic heterocycles. The molecular weight excluding hydrogens is 290 g/mol. The predicted molar refractivity (Wildman–Crippen MR) is 76.3 cm³/mol. The van der Waals surface area contributed by atoms with Crippen LogP contribution in [0.15, 0.2) is 0 Å².